The molecule has 4 rings (SSSR count). The monoisotopic (exact) mass is 384 g/mol. The van der Waals surface area contributed by atoms with Crippen molar-refractivity contribution in [2.75, 3.05) is 6.26 Å². The number of hydrogen-bond acceptors (Lipinski definition) is 6. The molecule has 0 aliphatic carbocycles. The van der Waals surface area contributed by atoms with Gasteiger partial charge in [-0.2, -0.15) is 0 Å². The number of benzene rings is 1. The lowest BCUT2D eigenvalue weighted by molar-refractivity contribution is 0.602. The van der Waals surface area contributed by atoms with Gasteiger partial charge in [0.2, 0.25) is 0 Å². The van der Waals surface area contributed by atoms with Crippen LogP contribution in [0.25, 0.3) is 28.2 Å². The van der Waals surface area contributed by atoms with Crippen molar-refractivity contribution in [1.29, 1.82) is 0 Å². The molecule has 4 aromatic rings. The number of nitrogens with zero attached hydrogens (tertiary/aromatic N) is 3. The van der Waals surface area contributed by atoms with Gasteiger partial charge >= 0.3 is 0 Å². The zero-order valence-corrected chi connectivity index (χ0v) is 15.6. The van der Waals surface area contributed by atoms with Crippen molar-refractivity contribution in [1.82, 2.24) is 14.4 Å². The number of pyridine rings is 1. The van der Waals surface area contributed by atoms with E-state index in [9.17, 15) is 8.42 Å². The van der Waals surface area contributed by atoms with E-state index in [1.807, 2.05) is 28.1 Å². The van der Waals surface area contributed by atoms with Crippen LogP contribution in [-0.2, 0) is 16.4 Å². The quantitative estimate of drug-likeness (QED) is 0.584. The standard InChI is InChI=1S/C18H16N4O2S2/c1-26(23,24)14-4-2-12(3-5-14)13-6-7-22-16(10-20-17(22)8-13)15-11-25-18(9-19)21-15/h2-8,10-11H,9,19H2,1H3. The fraction of sp³-hybridized carbons (Fsp3) is 0.111. The Hall–Kier alpha value is -2.55. The maximum absolute atomic E-state index is 11.6. The Labute approximate surface area is 154 Å². The SMILES string of the molecule is CS(=O)(=O)c1ccc(-c2ccn3c(-c4csc(CN)n4)cnc3c2)cc1. The molecule has 8 heteroatoms. The Bertz CT molecular complexity index is 1190. The van der Waals surface area contributed by atoms with Crippen LogP contribution >= 0.6 is 11.3 Å². The topological polar surface area (TPSA) is 90.3 Å². The van der Waals surface area contributed by atoms with E-state index in [4.69, 9.17) is 5.73 Å². The molecule has 3 aromatic heterocycles. The Morgan fingerprint density at radius 2 is 1.92 bits per heavy atom. The lowest BCUT2D eigenvalue weighted by Gasteiger charge is -2.05. The van der Waals surface area contributed by atoms with E-state index >= 15 is 0 Å². The molecule has 0 unspecified atom stereocenters. The van der Waals surface area contributed by atoms with Gasteiger partial charge in [-0.05, 0) is 35.4 Å². The number of rotatable bonds is 4. The van der Waals surface area contributed by atoms with Gasteiger partial charge in [0.25, 0.3) is 0 Å². The molecule has 26 heavy (non-hydrogen) atoms. The first-order valence-corrected chi connectivity index (χ1v) is 10.7. The summed E-state index contributed by atoms with van der Waals surface area (Å²) in [5.74, 6) is 0. The van der Waals surface area contributed by atoms with Crippen molar-refractivity contribution in [3.63, 3.8) is 0 Å². The number of sulfone groups is 1. The van der Waals surface area contributed by atoms with Gasteiger partial charge in [-0.1, -0.05) is 12.1 Å². The van der Waals surface area contributed by atoms with Gasteiger partial charge in [0.1, 0.15) is 10.7 Å². The van der Waals surface area contributed by atoms with Crippen LogP contribution in [0, 0.1) is 0 Å². The smallest absolute Gasteiger partial charge is 0.175 e. The van der Waals surface area contributed by atoms with Crippen LogP contribution in [0.5, 0.6) is 0 Å². The minimum Gasteiger partial charge on any atom is -0.325 e. The van der Waals surface area contributed by atoms with Gasteiger partial charge in [-0.15, -0.1) is 11.3 Å². The third-order valence-corrected chi connectivity index (χ3v) is 6.12. The van der Waals surface area contributed by atoms with Crippen molar-refractivity contribution in [3.8, 4) is 22.5 Å². The van der Waals surface area contributed by atoms with E-state index < -0.39 is 9.84 Å². The number of imidazole rings is 1. The zero-order chi connectivity index (χ0) is 18.3. The summed E-state index contributed by atoms with van der Waals surface area (Å²) in [7, 11) is -3.20. The molecule has 0 fully saturated rings. The molecule has 0 atom stereocenters. The average molecular weight is 384 g/mol. The van der Waals surface area contributed by atoms with Crippen LogP contribution in [0.2, 0.25) is 0 Å². The Morgan fingerprint density at radius 3 is 2.58 bits per heavy atom. The largest absolute Gasteiger partial charge is 0.325 e. The minimum atomic E-state index is -3.20. The van der Waals surface area contributed by atoms with Crippen LogP contribution < -0.4 is 5.73 Å². The number of aromatic nitrogens is 3. The van der Waals surface area contributed by atoms with E-state index in [1.165, 1.54) is 17.6 Å². The predicted molar refractivity (Wildman–Crippen MR) is 103 cm³/mol. The first kappa shape index (κ1) is 16.9. The van der Waals surface area contributed by atoms with E-state index in [2.05, 4.69) is 9.97 Å². The Kier molecular flexibility index (Phi) is 4.10. The molecular formula is C18H16N4O2S2. The highest BCUT2D eigenvalue weighted by molar-refractivity contribution is 7.90. The van der Waals surface area contributed by atoms with Crippen molar-refractivity contribution in [2.45, 2.75) is 11.4 Å². The van der Waals surface area contributed by atoms with Gasteiger partial charge in [0, 0.05) is 24.4 Å². The van der Waals surface area contributed by atoms with Gasteiger partial charge in [-0.3, -0.25) is 4.40 Å². The number of hydrogen-bond donors (Lipinski definition) is 1. The molecule has 0 radical (unpaired) electrons. The van der Waals surface area contributed by atoms with Gasteiger partial charge in [-0.25, -0.2) is 18.4 Å². The van der Waals surface area contributed by atoms with E-state index in [1.54, 1.807) is 30.5 Å². The highest BCUT2D eigenvalue weighted by Gasteiger charge is 2.11. The van der Waals surface area contributed by atoms with Crippen molar-refractivity contribution in [2.24, 2.45) is 5.73 Å². The number of nitrogens with two attached hydrogens (primary N) is 1. The van der Waals surface area contributed by atoms with Crippen molar-refractivity contribution < 1.29 is 8.42 Å². The molecule has 2 N–H and O–H groups in total. The molecule has 1 aromatic carbocycles. The van der Waals surface area contributed by atoms with Crippen LogP contribution in [0.4, 0.5) is 0 Å². The summed E-state index contributed by atoms with van der Waals surface area (Å²) in [6.45, 7) is 0.426. The lowest BCUT2D eigenvalue weighted by Crippen LogP contribution is -1.96. The maximum Gasteiger partial charge on any atom is 0.175 e. The molecule has 0 aliphatic rings. The van der Waals surface area contributed by atoms with E-state index in [0.717, 1.165) is 33.2 Å². The summed E-state index contributed by atoms with van der Waals surface area (Å²) in [5.41, 5.74) is 10.1. The number of thiazole rings is 1. The Morgan fingerprint density at radius 1 is 1.15 bits per heavy atom. The second-order valence-corrected chi connectivity index (χ2v) is 8.87. The zero-order valence-electron chi connectivity index (χ0n) is 14.0. The molecule has 3 heterocycles. The Balaban J connectivity index is 1.73. The van der Waals surface area contributed by atoms with E-state index in [-0.39, 0.29) is 0 Å². The molecule has 6 nitrogen and oxygen atoms in total. The summed E-state index contributed by atoms with van der Waals surface area (Å²) in [5, 5.41) is 2.86. The third kappa shape index (κ3) is 3.03. The first-order chi connectivity index (χ1) is 12.5. The summed E-state index contributed by atoms with van der Waals surface area (Å²) in [6.07, 6.45) is 4.94. The molecule has 0 bridgehead atoms. The summed E-state index contributed by atoms with van der Waals surface area (Å²) >= 11 is 1.53. The molecule has 0 amide bonds. The molecule has 0 aliphatic heterocycles. The van der Waals surface area contributed by atoms with E-state index in [0.29, 0.717) is 11.4 Å². The fourth-order valence-corrected chi connectivity index (χ4v) is 4.07. The second-order valence-electron chi connectivity index (χ2n) is 5.91. The van der Waals surface area contributed by atoms with Gasteiger partial charge in [0.05, 0.1) is 22.5 Å². The predicted octanol–water partition coefficient (Wildman–Crippen LogP) is 2.99. The summed E-state index contributed by atoms with van der Waals surface area (Å²) in [6, 6.07) is 10.8. The lowest BCUT2D eigenvalue weighted by atomic mass is 10.1. The molecule has 0 spiro atoms. The highest BCUT2D eigenvalue weighted by atomic mass is 32.2. The summed E-state index contributed by atoms with van der Waals surface area (Å²) < 4.78 is 25.2. The second kappa shape index (κ2) is 6.31. The van der Waals surface area contributed by atoms with Crippen LogP contribution in [0.15, 0.2) is 59.1 Å². The van der Waals surface area contributed by atoms with Crippen LogP contribution in [0.3, 0.4) is 0 Å². The summed E-state index contributed by atoms with van der Waals surface area (Å²) in [4.78, 5) is 9.29. The van der Waals surface area contributed by atoms with Crippen molar-refractivity contribution >= 4 is 26.8 Å². The minimum absolute atomic E-state index is 0.310. The fourth-order valence-electron chi connectivity index (χ4n) is 2.77. The maximum atomic E-state index is 11.6. The highest BCUT2D eigenvalue weighted by Crippen LogP contribution is 2.26. The molecule has 0 saturated heterocycles. The van der Waals surface area contributed by atoms with Gasteiger partial charge in [0.15, 0.2) is 9.84 Å². The molecule has 0 saturated carbocycles. The molecule has 132 valence electrons. The van der Waals surface area contributed by atoms with Crippen molar-refractivity contribution in [3.05, 3.63) is 59.2 Å². The third-order valence-electron chi connectivity index (χ3n) is 4.12. The van der Waals surface area contributed by atoms with Crippen LogP contribution in [0.1, 0.15) is 5.01 Å². The normalized spacial score (nSPS) is 11.9. The average Bonchev–Trinajstić information content (AvgIpc) is 3.27. The molecular weight excluding hydrogens is 368 g/mol. The van der Waals surface area contributed by atoms with Gasteiger partial charge < -0.3 is 5.73 Å². The first-order valence-electron chi connectivity index (χ1n) is 7.88. The number of fused-ring (bicyclic) bond motifs is 1. The van der Waals surface area contributed by atoms with Crippen LogP contribution in [-0.4, -0.2) is 29.0 Å².